The number of rotatable bonds is 6. The summed E-state index contributed by atoms with van der Waals surface area (Å²) in [5.74, 6) is -1.60. The van der Waals surface area contributed by atoms with Gasteiger partial charge in [-0.05, 0) is 24.0 Å². The molecule has 94 valence electrons. The fourth-order valence-corrected chi connectivity index (χ4v) is 2.09. The van der Waals surface area contributed by atoms with Crippen LogP contribution in [0.15, 0.2) is 24.3 Å². The van der Waals surface area contributed by atoms with Crippen LogP contribution in [0.4, 0.5) is 4.39 Å². The number of carbonyl (C=O) groups is 1. The highest BCUT2D eigenvalue weighted by Gasteiger charge is 2.25. The first kappa shape index (κ1) is 13.7. The van der Waals surface area contributed by atoms with Gasteiger partial charge in [-0.2, -0.15) is 0 Å². The van der Waals surface area contributed by atoms with E-state index in [1.807, 2.05) is 13.8 Å². The molecule has 1 N–H and O–H groups in total. The molecular weight excluding hydrogens is 219 g/mol. The van der Waals surface area contributed by atoms with Gasteiger partial charge in [0.05, 0.1) is 5.92 Å². The highest BCUT2D eigenvalue weighted by molar-refractivity contribution is 5.70. The minimum absolute atomic E-state index is 0.0668. The topological polar surface area (TPSA) is 37.3 Å². The molecule has 0 saturated carbocycles. The predicted octanol–water partition coefficient (Wildman–Crippen LogP) is 3.51. The lowest BCUT2D eigenvalue weighted by Gasteiger charge is -2.19. The maximum absolute atomic E-state index is 13.5. The van der Waals surface area contributed by atoms with E-state index in [4.69, 9.17) is 0 Å². The van der Waals surface area contributed by atoms with Gasteiger partial charge in [-0.15, -0.1) is 0 Å². The van der Waals surface area contributed by atoms with E-state index in [-0.39, 0.29) is 18.2 Å². The van der Waals surface area contributed by atoms with Gasteiger partial charge in [0.15, 0.2) is 0 Å². The molecule has 2 atom stereocenters. The van der Waals surface area contributed by atoms with Gasteiger partial charge < -0.3 is 5.11 Å². The zero-order valence-corrected chi connectivity index (χ0v) is 10.3. The van der Waals surface area contributed by atoms with E-state index in [0.29, 0.717) is 5.56 Å². The van der Waals surface area contributed by atoms with Crippen LogP contribution in [-0.4, -0.2) is 11.1 Å². The van der Waals surface area contributed by atoms with E-state index in [1.54, 1.807) is 18.2 Å². The normalized spacial score (nSPS) is 14.3. The average Bonchev–Trinajstić information content (AvgIpc) is 2.27. The standard InChI is InChI=1S/C14H19FO2/c1-3-6-10(2)12(14(16)17)9-11-7-4-5-8-13(11)15/h4-5,7-8,10,12H,3,6,9H2,1-2H3,(H,16,17). The Labute approximate surface area is 101 Å². The summed E-state index contributed by atoms with van der Waals surface area (Å²) in [5, 5.41) is 9.20. The zero-order valence-electron chi connectivity index (χ0n) is 10.3. The van der Waals surface area contributed by atoms with E-state index in [1.165, 1.54) is 6.07 Å². The van der Waals surface area contributed by atoms with Crippen molar-refractivity contribution in [1.82, 2.24) is 0 Å². The average molecular weight is 238 g/mol. The first-order valence-electron chi connectivity index (χ1n) is 6.02. The van der Waals surface area contributed by atoms with E-state index < -0.39 is 11.9 Å². The zero-order chi connectivity index (χ0) is 12.8. The SMILES string of the molecule is CCCC(C)C(Cc1ccccc1F)C(=O)O. The molecule has 0 fully saturated rings. The van der Waals surface area contributed by atoms with Crippen LogP contribution in [0.1, 0.15) is 32.3 Å². The molecule has 2 unspecified atom stereocenters. The molecule has 1 aromatic carbocycles. The number of benzene rings is 1. The minimum Gasteiger partial charge on any atom is -0.481 e. The quantitative estimate of drug-likeness (QED) is 0.823. The van der Waals surface area contributed by atoms with Crippen molar-refractivity contribution >= 4 is 5.97 Å². The Kier molecular flexibility index (Phi) is 5.13. The molecule has 0 aliphatic carbocycles. The van der Waals surface area contributed by atoms with Crippen LogP contribution < -0.4 is 0 Å². The van der Waals surface area contributed by atoms with Crippen molar-refractivity contribution in [2.75, 3.05) is 0 Å². The molecule has 2 nitrogen and oxygen atoms in total. The second-order valence-electron chi connectivity index (χ2n) is 4.51. The largest absolute Gasteiger partial charge is 0.481 e. The van der Waals surface area contributed by atoms with Gasteiger partial charge in [-0.3, -0.25) is 4.79 Å². The molecule has 3 heteroatoms. The summed E-state index contributed by atoms with van der Waals surface area (Å²) < 4.78 is 13.5. The Morgan fingerprint density at radius 1 is 1.41 bits per heavy atom. The first-order valence-corrected chi connectivity index (χ1v) is 6.02. The molecule has 1 aromatic rings. The number of carboxylic acids is 1. The maximum atomic E-state index is 13.5. The molecule has 1 rings (SSSR count). The Bertz CT molecular complexity index is 376. The molecule has 0 amide bonds. The summed E-state index contributed by atoms with van der Waals surface area (Å²) in [6, 6.07) is 6.38. The van der Waals surface area contributed by atoms with Crippen molar-refractivity contribution < 1.29 is 14.3 Å². The fourth-order valence-electron chi connectivity index (χ4n) is 2.09. The van der Waals surface area contributed by atoms with Gasteiger partial charge in [0.1, 0.15) is 5.82 Å². The summed E-state index contributed by atoms with van der Waals surface area (Å²) in [4.78, 5) is 11.2. The molecule has 0 spiro atoms. The van der Waals surface area contributed by atoms with Gasteiger partial charge in [0, 0.05) is 0 Å². The van der Waals surface area contributed by atoms with Crippen LogP contribution in [0.25, 0.3) is 0 Å². The summed E-state index contributed by atoms with van der Waals surface area (Å²) >= 11 is 0. The van der Waals surface area contributed by atoms with E-state index in [9.17, 15) is 14.3 Å². The van der Waals surface area contributed by atoms with Crippen LogP contribution in [0.2, 0.25) is 0 Å². The fraction of sp³-hybridized carbons (Fsp3) is 0.500. The number of hydrogen-bond acceptors (Lipinski definition) is 1. The molecule has 0 aliphatic rings. The molecule has 17 heavy (non-hydrogen) atoms. The number of carboxylic acid groups (broad SMARTS) is 1. The van der Waals surface area contributed by atoms with Gasteiger partial charge in [0.2, 0.25) is 0 Å². The summed E-state index contributed by atoms with van der Waals surface area (Å²) in [6.45, 7) is 3.95. The van der Waals surface area contributed by atoms with Crippen LogP contribution in [0.5, 0.6) is 0 Å². The molecule has 0 heterocycles. The molecule has 0 aliphatic heterocycles. The van der Waals surface area contributed by atoms with Gasteiger partial charge in [-0.25, -0.2) is 4.39 Å². The van der Waals surface area contributed by atoms with Crippen LogP contribution >= 0.6 is 0 Å². The lowest BCUT2D eigenvalue weighted by atomic mass is 9.85. The van der Waals surface area contributed by atoms with Crippen LogP contribution in [0.3, 0.4) is 0 Å². The summed E-state index contributed by atoms with van der Waals surface area (Å²) in [7, 11) is 0. The van der Waals surface area contributed by atoms with E-state index in [2.05, 4.69) is 0 Å². The van der Waals surface area contributed by atoms with Gasteiger partial charge >= 0.3 is 5.97 Å². The predicted molar refractivity (Wildman–Crippen MR) is 65.3 cm³/mol. The van der Waals surface area contributed by atoms with Crippen molar-refractivity contribution in [2.24, 2.45) is 11.8 Å². The third kappa shape index (κ3) is 3.84. The van der Waals surface area contributed by atoms with Crippen molar-refractivity contribution in [3.05, 3.63) is 35.6 Å². The van der Waals surface area contributed by atoms with Gasteiger partial charge in [-0.1, -0.05) is 44.9 Å². The lowest BCUT2D eigenvalue weighted by Crippen LogP contribution is -2.24. The van der Waals surface area contributed by atoms with Crippen LogP contribution in [0, 0.1) is 17.7 Å². The first-order chi connectivity index (χ1) is 8.06. The summed E-state index contributed by atoms with van der Waals surface area (Å²) in [6.07, 6.45) is 2.07. The Morgan fingerprint density at radius 2 is 2.06 bits per heavy atom. The molecule has 0 bridgehead atoms. The van der Waals surface area contributed by atoms with Crippen molar-refractivity contribution in [3.8, 4) is 0 Å². The summed E-state index contributed by atoms with van der Waals surface area (Å²) in [5.41, 5.74) is 0.489. The molecule has 0 aromatic heterocycles. The van der Waals surface area contributed by atoms with Crippen molar-refractivity contribution in [2.45, 2.75) is 33.1 Å². The van der Waals surface area contributed by atoms with E-state index in [0.717, 1.165) is 12.8 Å². The third-order valence-electron chi connectivity index (χ3n) is 3.15. The number of aliphatic carboxylic acids is 1. The molecular formula is C14H19FO2. The second-order valence-corrected chi connectivity index (χ2v) is 4.51. The lowest BCUT2D eigenvalue weighted by molar-refractivity contribution is -0.143. The molecule has 0 radical (unpaired) electrons. The Hall–Kier alpha value is -1.38. The highest BCUT2D eigenvalue weighted by atomic mass is 19.1. The maximum Gasteiger partial charge on any atom is 0.307 e. The smallest absolute Gasteiger partial charge is 0.307 e. The Morgan fingerprint density at radius 3 is 2.59 bits per heavy atom. The monoisotopic (exact) mass is 238 g/mol. The van der Waals surface area contributed by atoms with Crippen LogP contribution in [-0.2, 0) is 11.2 Å². The Balaban J connectivity index is 2.80. The number of halogens is 1. The van der Waals surface area contributed by atoms with Crippen molar-refractivity contribution in [1.29, 1.82) is 0 Å². The molecule has 0 saturated heterocycles. The minimum atomic E-state index is -0.839. The van der Waals surface area contributed by atoms with E-state index >= 15 is 0 Å². The number of hydrogen-bond donors (Lipinski definition) is 1. The van der Waals surface area contributed by atoms with Crippen molar-refractivity contribution in [3.63, 3.8) is 0 Å². The van der Waals surface area contributed by atoms with Gasteiger partial charge in [0.25, 0.3) is 0 Å². The third-order valence-corrected chi connectivity index (χ3v) is 3.15. The highest BCUT2D eigenvalue weighted by Crippen LogP contribution is 2.23. The second kappa shape index (κ2) is 6.38.